The zero-order chi connectivity index (χ0) is 13.1. The van der Waals surface area contributed by atoms with Crippen LogP contribution in [0, 0.1) is 0 Å². The number of ether oxygens (including phenoxy) is 1. The normalized spacial score (nSPS) is 10.9. The molecule has 1 heterocycles. The van der Waals surface area contributed by atoms with Crippen LogP contribution in [0.2, 0.25) is 0 Å². The second kappa shape index (κ2) is 5.55. The zero-order valence-corrected chi connectivity index (χ0v) is 11.2. The minimum absolute atomic E-state index is 0.280. The van der Waals surface area contributed by atoms with Gasteiger partial charge in [-0.3, -0.25) is 0 Å². The van der Waals surface area contributed by atoms with Crippen molar-refractivity contribution in [3.05, 3.63) is 41.6 Å². The summed E-state index contributed by atoms with van der Waals surface area (Å²) < 4.78 is 4.90. The number of alkyl halides is 2. The number of esters is 1. The van der Waals surface area contributed by atoms with Crippen LogP contribution in [0.5, 0.6) is 0 Å². The molecule has 0 spiro atoms. The van der Waals surface area contributed by atoms with Crippen LogP contribution >= 0.6 is 23.2 Å². The third kappa shape index (κ3) is 2.57. The van der Waals surface area contributed by atoms with E-state index in [-0.39, 0.29) is 5.69 Å². The highest BCUT2D eigenvalue weighted by Gasteiger charge is 2.12. The standard InChI is InChI=1S/C13H11Cl2NO2/c1-2-18-13(17)11-7-6-8-9(12(14)15)4-3-5-10(8)16-11/h3-7,12H,2H2,1H3. The molecule has 0 aliphatic rings. The van der Waals surface area contributed by atoms with E-state index < -0.39 is 10.8 Å². The lowest BCUT2D eigenvalue weighted by Crippen LogP contribution is -2.07. The Morgan fingerprint density at radius 2 is 2.11 bits per heavy atom. The van der Waals surface area contributed by atoms with Crippen LogP contribution in [0.4, 0.5) is 0 Å². The summed E-state index contributed by atoms with van der Waals surface area (Å²) in [5, 5.41) is 0.834. The molecule has 3 nitrogen and oxygen atoms in total. The maximum absolute atomic E-state index is 11.6. The van der Waals surface area contributed by atoms with Crippen LogP contribution in [0.25, 0.3) is 10.9 Å². The number of pyridine rings is 1. The second-order valence-corrected chi connectivity index (χ2v) is 4.73. The first-order valence-corrected chi connectivity index (χ1v) is 6.35. The smallest absolute Gasteiger partial charge is 0.356 e. The molecule has 2 aromatic rings. The number of nitrogens with zero attached hydrogens (tertiary/aromatic N) is 1. The number of carbonyl (C=O) groups excluding carboxylic acids is 1. The number of rotatable bonds is 3. The molecule has 0 atom stereocenters. The molecule has 0 aliphatic heterocycles. The first-order valence-electron chi connectivity index (χ1n) is 5.48. The van der Waals surface area contributed by atoms with Gasteiger partial charge < -0.3 is 4.74 Å². The van der Waals surface area contributed by atoms with Gasteiger partial charge in [-0.1, -0.05) is 18.2 Å². The first-order chi connectivity index (χ1) is 8.63. The van der Waals surface area contributed by atoms with E-state index in [2.05, 4.69) is 4.98 Å². The molecule has 2 rings (SSSR count). The van der Waals surface area contributed by atoms with Crippen LogP contribution in [-0.4, -0.2) is 17.6 Å². The van der Waals surface area contributed by atoms with E-state index in [0.717, 1.165) is 10.9 Å². The van der Waals surface area contributed by atoms with Gasteiger partial charge in [0.1, 0.15) is 10.5 Å². The number of aromatic nitrogens is 1. The van der Waals surface area contributed by atoms with Gasteiger partial charge >= 0.3 is 5.97 Å². The summed E-state index contributed by atoms with van der Waals surface area (Å²) in [5.74, 6) is -0.432. The third-order valence-electron chi connectivity index (χ3n) is 2.49. The maximum Gasteiger partial charge on any atom is 0.356 e. The van der Waals surface area contributed by atoms with Gasteiger partial charge in [0.25, 0.3) is 0 Å². The van der Waals surface area contributed by atoms with Gasteiger partial charge in [0.2, 0.25) is 0 Å². The molecule has 94 valence electrons. The molecule has 5 heteroatoms. The molecule has 0 unspecified atom stereocenters. The highest BCUT2D eigenvalue weighted by atomic mass is 35.5. The van der Waals surface area contributed by atoms with E-state index >= 15 is 0 Å². The van der Waals surface area contributed by atoms with E-state index in [0.29, 0.717) is 12.1 Å². The van der Waals surface area contributed by atoms with Gasteiger partial charge in [0.05, 0.1) is 12.1 Å². The van der Waals surface area contributed by atoms with E-state index in [9.17, 15) is 4.79 Å². The van der Waals surface area contributed by atoms with Crippen molar-refractivity contribution in [3.63, 3.8) is 0 Å². The minimum Gasteiger partial charge on any atom is -0.461 e. The Bertz CT molecular complexity index is 584. The number of halogens is 2. The van der Waals surface area contributed by atoms with Gasteiger partial charge in [-0.15, -0.1) is 23.2 Å². The Morgan fingerprint density at radius 1 is 1.33 bits per heavy atom. The van der Waals surface area contributed by atoms with Gasteiger partial charge in [-0.05, 0) is 24.6 Å². The second-order valence-electron chi connectivity index (χ2n) is 3.63. The molecule has 18 heavy (non-hydrogen) atoms. The largest absolute Gasteiger partial charge is 0.461 e. The molecule has 1 aromatic carbocycles. The Labute approximate surface area is 115 Å². The van der Waals surface area contributed by atoms with Crippen molar-refractivity contribution >= 4 is 40.1 Å². The van der Waals surface area contributed by atoms with E-state index in [1.165, 1.54) is 0 Å². The molecule has 0 fully saturated rings. The van der Waals surface area contributed by atoms with Crippen molar-refractivity contribution in [2.45, 2.75) is 11.8 Å². The Kier molecular flexibility index (Phi) is 4.04. The monoisotopic (exact) mass is 283 g/mol. The lowest BCUT2D eigenvalue weighted by atomic mass is 10.1. The molecule has 0 amide bonds. The summed E-state index contributed by atoms with van der Waals surface area (Å²) in [7, 11) is 0. The summed E-state index contributed by atoms with van der Waals surface area (Å²) in [6, 6.07) is 8.83. The van der Waals surface area contributed by atoms with Crippen LogP contribution < -0.4 is 0 Å². The number of hydrogen-bond donors (Lipinski definition) is 0. The number of hydrogen-bond acceptors (Lipinski definition) is 3. The molecular formula is C13H11Cl2NO2. The minimum atomic E-state index is -0.621. The van der Waals surface area contributed by atoms with Crippen molar-refractivity contribution < 1.29 is 9.53 Å². The van der Waals surface area contributed by atoms with Crippen LogP contribution in [-0.2, 0) is 4.74 Å². The predicted molar refractivity (Wildman–Crippen MR) is 72.1 cm³/mol. The van der Waals surface area contributed by atoms with Gasteiger partial charge in [0, 0.05) is 5.39 Å². The van der Waals surface area contributed by atoms with Crippen molar-refractivity contribution in [1.82, 2.24) is 4.98 Å². The molecule has 1 aromatic heterocycles. The topological polar surface area (TPSA) is 39.2 Å². The highest BCUT2D eigenvalue weighted by molar-refractivity contribution is 6.44. The fourth-order valence-electron chi connectivity index (χ4n) is 1.69. The van der Waals surface area contributed by atoms with Crippen molar-refractivity contribution in [1.29, 1.82) is 0 Å². The molecule has 0 saturated carbocycles. The predicted octanol–water partition coefficient (Wildman–Crippen LogP) is 3.89. The fraction of sp³-hybridized carbons (Fsp3) is 0.231. The zero-order valence-electron chi connectivity index (χ0n) is 9.69. The summed E-state index contributed by atoms with van der Waals surface area (Å²) in [5.41, 5.74) is 1.73. The molecular weight excluding hydrogens is 273 g/mol. The lowest BCUT2D eigenvalue weighted by Gasteiger charge is -2.07. The molecule has 0 N–H and O–H groups in total. The summed E-state index contributed by atoms with van der Waals surface area (Å²) in [6.45, 7) is 2.08. The van der Waals surface area contributed by atoms with Crippen LogP contribution in [0.1, 0.15) is 27.8 Å². The van der Waals surface area contributed by atoms with Crippen molar-refractivity contribution in [3.8, 4) is 0 Å². The maximum atomic E-state index is 11.6. The quantitative estimate of drug-likeness (QED) is 0.634. The summed E-state index contributed by atoms with van der Waals surface area (Å²) in [6.07, 6.45) is 0. The number of carbonyl (C=O) groups is 1. The molecule has 0 radical (unpaired) electrons. The summed E-state index contributed by atoms with van der Waals surface area (Å²) >= 11 is 11.8. The Hall–Kier alpha value is -1.32. The highest BCUT2D eigenvalue weighted by Crippen LogP contribution is 2.30. The SMILES string of the molecule is CCOC(=O)c1ccc2c(C(Cl)Cl)cccc2n1. The lowest BCUT2D eigenvalue weighted by molar-refractivity contribution is 0.0520. The van der Waals surface area contributed by atoms with E-state index in [4.69, 9.17) is 27.9 Å². The third-order valence-corrected chi connectivity index (χ3v) is 2.96. The molecule has 0 saturated heterocycles. The Morgan fingerprint density at radius 3 is 2.78 bits per heavy atom. The van der Waals surface area contributed by atoms with Crippen molar-refractivity contribution in [2.75, 3.05) is 6.61 Å². The first kappa shape index (κ1) is 13.1. The van der Waals surface area contributed by atoms with Crippen LogP contribution in [0.3, 0.4) is 0 Å². The van der Waals surface area contributed by atoms with Crippen LogP contribution in [0.15, 0.2) is 30.3 Å². The molecule has 0 bridgehead atoms. The number of benzene rings is 1. The average molecular weight is 284 g/mol. The summed E-state index contributed by atoms with van der Waals surface area (Å²) in [4.78, 5) is 15.2. The Balaban J connectivity index is 2.50. The number of fused-ring (bicyclic) bond motifs is 1. The van der Waals surface area contributed by atoms with E-state index in [1.807, 2.05) is 6.07 Å². The van der Waals surface area contributed by atoms with Gasteiger partial charge in [-0.25, -0.2) is 9.78 Å². The average Bonchev–Trinajstić information content (AvgIpc) is 2.37. The van der Waals surface area contributed by atoms with Gasteiger partial charge in [0.15, 0.2) is 0 Å². The molecule has 0 aliphatic carbocycles. The fourth-order valence-corrected chi connectivity index (χ4v) is 2.07. The van der Waals surface area contributed by atoms with Gasteiger partial charge in [-0.2, -0.15) is 0 Å². The van der Waals surface area contributed by atoms with E-state index in [1.54, 1.807) is 31.2 Å². The van der Waals surface area contributed by atoms with Crippen molar-refractivity contribution in [2.24, 2.45) is 0 Å².